The van der Waals surface area contributed by atoms with Crippen molar-refractivity contribution in [3.8, 4) is 5.75 Å². The van der Waals surface area contributed by atoms with Crippen LogP contribution < -0.4 is 15.4 Å². The molecule has 1 aliphatic carbocycles. The Bertz CT molecular complexity index is 482. The lowest BCUT2D eigenvalue weighted by molar-refractivity contribution is 0.414. The zero-order chi connectivity index (χ0) is 14.9. The quantitative estimate of drug-likeness (QED) is 0.622. The number of hydrogen-bond donors (Lipinski definition) is 2. The van der Waals surface area contributed by atoms with E-state index in [9.17, 15) is 0 Å². The van der Waals surface area contributed by atoms with Crippen LogP contribution in [0.4, 0.5) is 0 Å². The standard InChI is InChI=1S/C17H24N2OS/c1-20-16-9-7-15(8-10-16)13-19-17(21)18-12-11-14-5-3-2-4-6-14/h5,7-10H,2-4,6,11-13H2,1H3,(H2,18,19,21). The molecule has 4 heteroatoms. The van der Waals surface area contributed by atoms with E-state index >= 15 is 0 Å². The molecular weight excluding hydrogens is 280 g/mol. The Kier molecular flexibility index (Phi) is 6.54. The molecule has 1 aromatic carbocycles. The first-order valence-electron chi connectivity index (χ1n) is 7.60. The normalized spacial score (nSPS) is 14.2. The third-order valence-electron chi connectivity index (χ3n) is 3.73. The lowest BCUT2D eigenvalue weighted by Gasteiger charge is -2.14. The van der Waals surface area contributed by atoms with Gasteiger partial charge in [0.25, 0.3) is 0 Å². The molecule has 1 aromatic rings. The first-order chi connectivity index (χ1) is 10.3. The molecule has 0 amide bonds. The zero-order valence-corrected chi connectivity index (χ0v) is 13.5. The van der Waals surface area contributed by atoms with Crippen LogP contribution in [0.2, 0.25) is 0 Å². The maximum Gasteiger partial charge on any atom is 0.166 e. The van der Waals surface area contributed by atoms with Gasteiger partial charge in [0.15, 0.2) is 5.11 Å². The van der Waals surface area contributed by atoms with Crippen LogP contribution >= 0.6 is 12.2 Å². The van der Waals surface area contributed by atoms with Gasteiger partial charge in [-0.1, -0.05) is 23.8 Å². The van der Waals surface area contributed by atoms with Crippen molar-refractivity contribution in [2.24, 2.45) is 0 Å². The monoisotopic (exact) mass is 304 g/mol. The summed E-state index contributed by atoms with van der Waals surface area (Å²) in [4.78, 5) is 0. The van der Waals surface area contributed by atoms with Crippen molar-refractivity contribution in [3.05, 3.63) is 41.5 Å². The van der Waals surface area contributed by atoms with Gasteiger partial charge >= 0.3 is 0 Å². The molecule has 0 heterocycles. The molecule has 0 atom stereocenters. The molecular formula is C17H24N2OS. The summed E-state index contributed by atoms with van der Waals surface area (Å²) >= 11 is 5.30. The maximum absolute atomic E-state index is 5.30. The van der Waals surface area contributed by atoms with Crippen LogP contribution in [0.25, 0.3) is 0 Å². The van der Waals surface area contributed by atoms with Crippen LogP contribution in [0.5, 0.6) is 5.75 Å². The Hall–Kier alpha value is -1.55. The number of nitrogens with one attached hydrogen (secondary N) is 2. The summed E-state index contributed by atoms with van der Waals surface area (Å²) in [5.41, 5.74) is 2.77. The largest absolute Gasteiger partial charge is 0.497 e. The molecule has 0 saturated carbocycles. The van der Waals surface area contributed by atoms with Crippen molar-refractivity contribution < 1.29 is 4.74 Å². The van der Waals surface area contributed by atoms with E-state index in [2.05, 4.69) is 16.7 Å². The number of ether oxygens (including phenoxy) is 1. The number of methoxy groups -OCH3 is 1. The number of benzene rings is 1. The molecule has 0 saturated heterocycles. The van der Waals surface area contributed by atoms with Gasteiger partial charge in [0.2, 0.25) is 0 Å². The number of hydrogen-bond acceptors (Lipinski definition) is 2. The van der Waals surface area contributed by atoms with E-state index in [-0.39, 0.29) is 0 Å². The first-order valence-corrected chi connectivity index (χ1v) is 8.01. The van der Waals surface area contributed by atoms with E-state index in [1.54, 1.807) is 12.7 Å². The van der Waals surface area contributed by atoms with E-state index < -0.39 is 0 Å². The third kappa shape index (κ3) is 5.76. The van der Waals surface area contributed by atoms with Gasteiger partial charge < -0.3 is 15.4 Å². The molecule has 0 aliphatic heterocycles. The van der Waals surface area contributed by atoms with Gasteiger partial charge in [-0.05, 0) is 62.0 Å². The van der Waals surface area contributed by atoms with Crippen LogP contribution in [0.1, 0.15) is 37.7 Å². The summed E-state index contributed by atoms with van der Waals surface area (Å²) in [6.45, 7) is 1.65. The number of thiocarbonyl (C=S) groups is 1. The summed E-state index contributed by atoms with van der Waals surface area (Å²) in [7, 11) is 1.67. The fourth-order valence-electron chi connectivity index (χ4n) is 2.46. The van der Waals surface area contributed by atoms with Crippen molar-refractivity contribution >= 4 is 17.3 Å². The Labute approximate surface area is 132 Å². The second-order valence-corrected chi connectivity index (χ2v) is 5.72. The molecule has 0 aromatic heterocycles. The van der Waals surface area contributed by atoms with Crippen LogP contribution in [-0.4, -0.2) is 18.8 Å². The molecule has 3 nitrogen and oxygen atoms in total. The van der Waals surface area contributed by atoms with E-state index in [1.165, 1.54) is 31.2 Å². The van der Waals surface area contributed by atoms with Gasteiger partial charge in [0.1, 0.15) is 5.75 Å². The highest BCUT2D eigenvalue weighted by Gasteiger charge is 2.03. The van der Waals surface area contributed by atoms with E-state index in [4.69, 9.17) is 17.0 Å². The van der Waals surface area contributed by atoms with Gasteiger partial charge in [-0.15, -0.1) is 0 Å². The minimum atomic E-state index is 0.724. The van der Waals surface area contributed by atoms with Crippen LogP contribution in [-0.2, 0) is 6.54 Å². The summed E-state index contributed by atoms with van der Waals surface area (Å²) in [5, 5.41) is 7.24. The lowest BCUT2D eigenvalue weighted by Crippen LogP contribution is -2.35. The van der Waals surface area contributed by atoms with Crippen LogP contribution in [0, 0.1) is 0 Å². The van der Waals surface area contributed by atoms with Crippen molar-refractivity contribution in [1.82, 2.24) is 10.6 Å². The summed E-state index contributed by atoms with van der Waals surface area (Å²) in [5.74, 6) is 0.875. The molecule has 2 N–H and O–H groups in total. The molecule has 114 valence electrons. The van der Waals surface area contributed by atoms with Gasteiger partial charge in [-0.3, -0.25) is 0 Å². The average molecular weight is 304 g/mol. The molecule has 0 radical (unpaired) electrons. The third-order valence-corrected chi connectivity index (χ3v) is 4.02. The minimum absolute atomic E-state index is 0.724. The number of rotatable bonds is 6. The first kappa shape index (κ1) is 15.8. The SMILES string of the molecule is COc1ccc(CNC(=S)NCCC2=CCCCC2)cc1. The Balaban J connectivity index is 1.63. The highest BCUT2D eigenvalue weighted by molar-refractivity contribution is 7.80. The highest BCUT2D eigenvalue weighted by Crippen LogP contribution is 2.19. The molecule has 0 spiro atoms. The second-order valence-electron chi connectivity index (χ2n) is 5.32. The molecule has 0 unspecified atom stereocenters. The Morgan fingerprint density at radius 3 is 2.67 bits per heavy atom. The predicted octanol–water partition coefficient (Wildman–Crippen LogP) is 3.55. The summed E-state index contributed by atoms with van der Waals surface area (Å²) < 4.78 is 5.14. The minimum Gasteiger partial charge on any atom is -0.497 e. The van der Waals surface area contributed by atoms with E-state index in [0.717, 1.165) is 30.4 Å². The van der Waals surface area contributed by atoms with Gasteiger partial charge in [0, 0.05) is 13.1 Å². The fraction of sp³-hybridized carbons (Fsp3) is 0.471. The fourth-order valence-corrected chi connectivity index (χ4v) is 2.63. The van der Waals surface area contributed by atoms with E-state index in [1.807, 2.05) is 24.3 Å². The van der Waals surface area contributed by atoms with Crippen molar-refractivity contribution in [2.45, 2.75) is 38.6 Å². The van der Waals surface area contributed by atoms with Crippen molar-refractivity contribution in [1.29, 1.82) is 0 Å². The summed E-state index contributed by atoms with van der Waals surface area (Å²) in [6, 6.07) is 8.01. The van der Waals surface area contributed by atoms with Crippen molar-refractivity contribution in [2.75, 3.05) is 13.7 Å². The Morgan fingerprint density at radius 1 is 1.19 bits per heavy atom. The molecule has 2 rings (SSSR count). The van der Waals surface area contributed by atoms with Crippen molar-refractivity contribution in [3.63, 3.8) is 0 Å². The average Bonchev–Trinajstić information content (AvgIpc) is 2.54. The molecule has 21 heavy (non-hydrogen) atoms. The maximum atomic E-state index is 5.30. The lowest BCUT2D eigenvalue weighted by atomic mass is 9.97. The molecule has 1 aliphatic rings. The smallest absolute Gasteiger partial charge is 0.166 e. The topological polar surface area (TPSA) is 33.3 Å². The summed E-state index contributed by atoms with van der Waals surface area (Å²) in [6.07, 6.45) is 8.68. The molecule has 0 fully saturated rings. The van der Waals surface area contributed by atoms with Gasteiger partial charge in [-0.2, -0.15) is 0 Å². The van der Waals surface area contributed by atoms with Crippen LogP contribution in [0.3, 0.4) is 0 Å². The number of allylic oxidation sites excluding steroid dienone is 1. The van der Waals surface area contributed by atoms with Gasteiger partial charge in [0.05, 0.1) is 7.11 Å². The Morgan fingerprint density at radius 2 is 2.00 bits per heavy atom. The zero-order valence-electron chi connectivity index (χ0n) is 12.7. The molecule has 0 bridgehead atoms. The van der Waals surface area contributed by atoms with Crippen LogP contribution in [0.15, 0.2) is 35.9 Å². The predicted molar refractivity (Wildman–Crippen MR) is 91.6 cm³/mol. The second kappa shape index (κ2) is 8.67. The van der Waals surface area contributed by atoms with E-state index in [0.29, 0.717) is 0 Å². The highest BCUT2D eigenvalue weighted by atomic mass is 32.1. The van der Waals surface area contributed by atoms with Gasteiger partial charge in [-0.25, -0.2) is 0 Å².